The van der Waals surface area contributed by atoms with Gasteiger partial charge in [-0.15, -0.1) is 0 Å². The molecule has 0 saturated heterocycles. The smallest absolute Gasteiger partial charge is 0.320 e. The van der Waals surface area contributed by atoms with E-state index < -0.39 is 30.2 Å². The van der Waals surface area contributed by atoms with Crippen LogP contribution in [-0.2, 0) is 19.1 Å². The average Bonchev–Trinajstić information content (AvgIpc) is 2.36. The van der Waals surface area contributed by atoms with Crippen LogP contribution in [-0.4, -0.2) is 30.1 Å². The van der Waals surface area contributed by atoms with E-state index in [1.54, 1.807) is 30.3 Å². The predicted molar refractivity (Wildman–Crippen MR) is 62.8 cm³/mol. The Morgan fingerprint density at radius 3 is 2.39 bits per heavy atom. The molecule has 0 aliphatic rings. The summed E-state index contributed by atoms with van der Waals surface area (Å²) in [5.74, 6) is -4.37. The van der Waals surface area contributed by atoms with Crippen LogP contribution in [0, 0.1) is 5.92 Å². The number of anilines is 1. The third kappa shape index (κ3) is 3.89. The highest BCUT2D eigenvalue weighted by atomic mass is 16.5. The van der Waals surface area contributed by atoms with E-state index in [0.29, 0.717) is 5.69 Å². The van der Waals surface area contributed by atoms with E-state index in [4.69, 9.17) is 5.11 Å². The van der Waals surface area contributed by atoms with Gasteiger partial charge in [-0.2, -0.15) is 0 Å². The number of methoxy groups -OCH3 is 1. The number of nitrogens with one attached hydrogen (secondary N) is 1. The summed E-state index contributed by atoms with van der Waals surface area (Å²) in [6.45, 7) is 0. The van der Waals surface area contributed by atoms with Crippen molar-refractivity contribution in [3.8, 4) is 0 Å². The van der Waals surface area contributed by atoms with Crippen LogP contribution in [0.5, 0.6) is 0 Å². The van der Waals surface area contributed by atoms with Crippen LogP contribution in [0.1, 0.15) is 6.42 Å². The number of para-hydroxylation sites is 1. The number of carboxylic acid groups (broad SMARTS) is 1. The summed E-state index contributed by atoms with van der Waals surface area (Å²) in [5.41, 5.74) is 0.538. The van der Waals surface area contributed by atoms with Gasteiger partial charge in [0.2, 0.25) is 5.91 Å². The minimum absolute atomic E-state index is 0.461. The minimum atomic E-state index is -1.49. The zero-order valence-corrected chi connectivity index (χ0v) is 9.75. The van der Waals surface area contributed by atoms with Gasteiger partial charge in [0, 0.05) is 5.69 Å². The molecule has 1 unspecified atom stereocenters. The van der Waals surface area contributed by atoms with Crippen molar-refractivity contribution in [1.29, 1.82) is 0 Å². The van der Waals surface area contributed by atoms with Crippen molar-refractivity contribution >= 4 is 23.5 Å². The molecule has 0 fully saturated rings. The van der Waals surface area contributed by atoms with Crippen LogP contribution in [0.2, 0.25) is 0 Å². The minimum Gasteiger partial charge on any atom is -0.481 e. The van der Waals surface area contributed by atoms with E-state index in [9.17, 15) is 14.4 Å². The molecular formula is C12H13NO5. The Labute approximate surface area is 104 Å². The lowest BCUT2D eigenvalue weighted by Gasteiger charge is -2.10. The van der Waals surface area contributed by atoms with Crippen molar-refractivity contribution < 1.29 is 24.2 Å². The molecule has 0 aromatic heterocycles. The summed E-state index contributed by atoms with van der Waals surface area (Å²) in [6.07, 6.45) is -0.461. The molecule has 0 heterocycles. The number of carbonyl (C=O) groups excluding carboxylic acids is 2. The van der Waals surface area contributed by atoms with E-state index in [-0.39, 0.29) is 0 Å². The number of benzene rings is 1. The highest BCUT2D eigenvalue weighted by Crippen LogP contribution is 2.10. The van der Waals surface area contributed by atoms with Gasteiger partial charge in [0.1, 0.15) is 0 Å². The van der Waals surface area contributed by atoms with Crippen LogP contribution in [0.4, 0.5) is 5.69 Å². The number of aliphatic carboxylic acids is 1. The maximum Gasteiger partial charge on any atom is 0.320 e. The van der Waals surface area contributed by atoms with Gasteiger partial charge in [-0.1, -0.05) is 18.2 Å². The number of carbonyl (C=O) groups is 3. The third-order valence-corrected chi connectivity index (χ3v) is 2.23. The Kier molecular flexibility index (Phi) is 4.86. The van der Waals surface area contributed by atoms with Crippen molar-refractivity contribution in [3.05, 3.63) is 30.3 Å². The lowest BCUT2D eigenvalue weighted by atomic mass is 10.1. The van der Waals surface area contributed by atoms with Crippen molar-refractivity contribution in [1.82, 2.24) is 0 Å². The van der Waals surface area contributed by atoms with Crippen LogP contribution < -0.4 is 5.32 Å². The molecule has 2 N–H and O–H groups in total. The van der Waals surface area contributed by atoms with E-state index >= 15 is 0 Å². The van der Waals surface area contributed by atoms with Crippen LogP contribution in [0.15, 0.2) is 30.3 Å². The molecule has 96 valence electrons. The van der Waals surface area contributed by atoms with Crippen LogP contribution >= 0.6 is 0 Å². The van der Waals surface area contributed by atoms with Crippen molar-refractivity contribution in [2.24, 2.45) is 5.92 Å². The number of hydrogen-bond donors (Lipinski definition) is 2. The van der Waals surface area contributed by atoms with Crippen molar-refractivity contribution in [3.63, 3.8) is 0 Å². The van der Waals surface area contributed by atoms with E-state index in [1.807, 2.05) is 0 Å². The van der Waals surface area contributed by atoms with Gasteiger partial charge >= 0.3 is 11.9 Å². The number of esters is 1. The number of carboxylic acids is 1. The highest BCUT2D eigenvalue weighted by molar-refractivity contribution is 6.01. The monoisotopic (exact) mass is 251 g/mol. The Hall–Kier alpha value is -2.37. The van der Waals surface area contributed by atoms with Gasteiger partial charge in [-0.05, 0) is 12.1 Å². The second-order valence-electron chi connectivity index (χ2n) is 3.53. The molecule has 6 heteroatoms. The van der Waals surface area contributed by atoms with E-state index in [2.05, 4.69) is 10.1 Å². The first-order valence-electron chi connectivity index (χ1n) is 5.20. The van der Waals surface area contributed by atoms with E-state index in [1.165, 1.54) is 0 Å². The second-order valence-corrected chi connectivity index (χ2v) is 3.53. The van der Waals surface area contributed by atoms with E-state index in [0.717, 1.165) is 7.11 Å². The molecule has 0 aliphatic carbocycles. The summed E-state index contributed by atoms with van der Waals surface area (Å²) in [5, 5.41) is 11.3. The molecule has 0 bridgehead atoms. The number of amides is 1. The molecule has 1 atom stereocenters. The molecule has 18 heavy (non-hydrogen) atoms. The standard InChI is InChI=1S/C12H13NO5/c1-18-12(17)9(11(15)16)7-10(14)13-8-5-3-2-4-6-8/h2-6,9H,7H2,1H3,(H,13,14)(H,15,16). The molecule has 0 saturated carbocycles. The molecular weight excluding hydrogens is 238 g/mol. The Morgan fingerprint density at radius 1 is 1.28 bits per heavy atom. The lowest BCUT2D eigenvalue weighted by Crippen LogP contribution is -2.29. The Morgan fingerprint density at radius 2 is 1.89 bits per heavy atom. The first kappa shape index (κ1) is 13.7. The Bertz CT molecular complexity index is 443. The van der Waals surface area contributed by atoms with Gasteiger partial charge in [0.15, 0.2) is 5.92 Å². The normalized spacial score (nSPS) is 11.4. The highest BCUT2D eigenvalue weighted by Gasteiger charge is 2.29. The lowest BCUT2D eigenvalue weighted by molar-refractivity contribution is -0.158. The summed E-state index contributed by atoms with van der Waals surface area (Å²) in [4.78, 5) is 33.5. The fraction of sp³-hybridized carbons (Fsp3) is 0.250. The van der Waals surface area contributed by atoms with Gasteiger partial charge < -0.3 is 15.2 Å². The molecule has 1 aromatic rings. The van der Waals surface area contributed by atoms with Crippen LogP contribution in [0.3, 0.4) is 0 Å². The predicted octanol–water partition coefficient (Wildman–Crippen LogP) is 0.889. The summed E-state index contributed by atoms with van der Waals surface area (Å²) < 4.78 is 4.32. The largest absolute Gasteiger partial charge is 0.481 e. The van der Waals surface area contributed by atoms with Crippen molar-refractivity contribution in [2.75, 3.05) is 12.4 Å². The van der Waals surface area contributed by atoms with Gasteiger partial charge in [-0.25, -0.2) is 0 Å². The van der Waals surface area contributed by atoms with Gasteiger partial charge in [0.05, 0.1) is 13.5 Å². The molecule has 1 rings (SSSR count). The zero-order chi connectivity index (χ0) is 13.5. The molecule has 0 aliphatic heterocycles. The summed E-state index contributed by atoms with van der Waals surface area (Å²) >= 11 is 0. The molecule has 6 nitrogen and oxygen atoms in total. The maximum absolute atomic E-state index is 11.6. The fourth-order valence-corrected chi connectivity index (χ4v) is 1.33. The summed E-state index contributed by atoms with van der Waals surface area (Å²) in [6, 6.07) is 8.55. The molecule has 0 spiro atoms. The van der Waals surface area contributed by atoms with Gasteiger partial charge in [0.25, 0.3) is 0 Å². The van der Waals surface area contributed by atoms with Crippen LogP contribution in [0.25, 0.3) is 0 Å². The maximum atomic E-state index is 11.6. The quantitative estimate of drug-likeness (QED) is 0.598. The second kappa shape index (κ2) is 6.39. The summed E-state index contributed by atoms with van der Waals surface area (Å²) in [7, 11) is 1.08. The van der Waals surface area contributed by atoms with Gasteiger partial charge in [-0.3, -0.25) is 14.4 Å². The zero-order valence-electron chi connectivity index (χ0n) is 9.75. The topological polar surface area (TPSA) is 92.7 Å². The first-order valence-corrected chi connectivity index (χ1v) is 5.20. The molecule has 0 radical (unpaired) electrons. The number of hydrogen-bond acceptors (Lipinski definition) is 4. The average molecular weight is 251 g/mol. The van der Waals surface area contributed by atoms with Crippen molar-refractivity contribution in [2.45, 2.75) is 6.42 Å². The number of ether oxygens (including phenoxy) is 1. The Balaban J connectivity index is 2.62. The first-order chi connectivity index (χ1) is 8.54. The third-order valence-electron chi connectivity index (χ3n) is 2.23. The fourth-order valence-electron chi connectivity index (χ4n) is 1.33. The molecule has 1 aromatic carbocycles. The molecule has 1 amide bonds. The number of rotatable bonds is 5. The SMILES string of the molecule is COC(=O)C(CC(=O)Nc1ccccc1)C(=O)O.